The van der Waals surface area contributed by atoms with Crippen molar-refractivity contribution in [3.05, 3.63) is 29.7 Å². The van der Waals surface area contributed by atoms with Gasteiger partial charge in [0.1, 0.15) is 5.76 Å². The number of para-hydroxylation sites is 1. The van der Waals surface area contributed by atoms with Crippen LogP contribution in [0.5, 0.6) is 11.5 Å². The number of likely N-dealkylation sites (N-methyl/N-ethyl adjacent to an activating group) is 1. The number of hydrogen-bond donors (Lipinski definition) is 0. The van der Waals surface area contributed by atoms with Gasteiger partial charge >= 0.3 is 0 Å². The van der Waals surface area contributed by atoms with E-state index in [2.05, 4.69) is 9.88 Å². The van der Waals surface area contributed by atoms with Gasteiger partial charge in [0.05, 0.1) is 31.5 Å². The van der Waals surface area contributed by atoms with Crippen molar-refractivity contribution in [2.24, 2.45) is 0 Å². The van der Waals surface area contributed by atoms with E-state index in [9.17, 15) is 4.79 Å². The first-order valence-electron chi connectivity index (χ1n) is 8.63. The molecule has 1 aliphatic heterocycles. The van der Waals surface area contributed by atoms with Crippen LogP contribution in [0.4, 0.5) is 0 Å². The average molecular weight is 359 g/mol. The Kier molecular flexibility index (Phi) is 5.18. The third-order valence-corrected chi connectivity index (χ3v) is 4.88. The number of hydrogen-bond acceptors (Lipinski definition) is 6. The molecular weight excluding hydrogens is 334 g/mol. The second-order valence-electron chi connectivity index (χ2n) is 6.47. The molecule has 1 fully saturated rings. The maximum atomic E-state index is 12.2. The van der Waals surface area contributed by atoms with E-state index in [1.807, 2.05) is 39.1 Å². The Bertz CT molecular complexity index is 802. The van der Waals surface area contributed by atoms with Crippen molar-refractivity contribution in [1.82, 2.24) is 14.8 Å². The predicted molar refractivity (Wildman–Crippen MR) is 97.3 cm³/mol. The van der Waals surface area contributed by atoms with Crippen LogP contribution in [0.1, 0.15) is 18.4 Å². The van der Waals surface area contributed by atoms with Crippen molar-refractivity contribution in [1.29, 1.82) is 0 Å². The number of oxazole rings is 1. The Morgan fingerprint density at radius 2 is 2.04 bits per heavy atom. The minimum Gasteiger partial charge on any atom is -0.493 e. The van der Waals surface area contributed by atoms with E-state index >= 15 is 0 Å². The van der Waals surface area contributed by atoms with Crippen LogP contribution in [0.2, 0.25) is 0 Å². The highest BCUT2D eigenvalue weighted by Gasteiger charge is 2.30. The van der Waals surface area contributed by atoms with Gasteiger partial charge in [-0.2, -0.15) is 0 Å². The summed E-state index contributed by atoms with van der Waals surface area (Å²) in [6.07, 6.45) is 0. The minimum absolute atomic E-state index is 0.132. The Morgan fingerprint density at radius 3 is 2.73 bits per heavy atom. The molecule has 0 unspecified atom stereocenters. The zero-order valence-electron chi connectivity index (χ0n) is 15.9. The molecule has 2 aromatic rings. The SMILES string of the molecule is COc1cccc(-c2nc(CN3CCN(C)C(=O)[C@@H]3C)c(C)o2)c1OC. The van der Waals surface area contributed by atoms with Crippen LogP contribution >= 0.6 is 0 Å². The average Bonchev–Trinajstić information content (AvgIpc) is 3.01. The molecule has 1 atom stereocenters. The van der Waals surface area contributed by atoms with Gasteiger partial charge in [0.25, 0.3) is 0 Å². The maximum absolute atomic E-state index is 12.2. The third kappa shape index (κ3) is 3.26. The number of benzene rings is 1. The van der Waals surface area contributed by atoms with Crippen molar-refractivity contribution >= 4 is 5.91 Å². The summed E-state index contributed by atoms with van der Waals surface area (Å²) >= 11 is 0. The van der Waals surface area contributed by atoms with Crippen molar-refractivity contribution in [3.63, 3.8) is 0 Å². The smallest absolute Gasteiger partial charge is 0.239 e. The largest absolute Gasteiger partial charge is 0.493 e. The summed E-state index contributed by atoms with van der Waals surface area (Å²) in [5.74, 6) is 2.57. The lowest BCUT2D eigenvalue weighted by molar-refractivity contribution is -0.139. The van der Waals surface area contributed by atoms with Gasteiger partial charge in [0.15, 0.2) is 11.5 Å². The summed E-state index contributed by atoms with van der Waals surface area (Å²) in [4.78, 5) is 20.8. The van der Waals surface area contributed by atoms with Crippen LogP contribution in [-0.2, 0) is 11.3 Å². The quantitative estimate of drug-likeness (QED) is 0.816. The minimum atomic E-state index is -0.167. The zero-order chi connectivity index (χ0) is 18.8. The number of amides is 1. The molecular formula is C19H25N3O4. The molecule has 1 saturated heterocycles. The number of methoxy groups -OCH3 is 2. The van der Waals surface area contributed by atoms with Crippen LogP contribution in [0.3, 0.4) is 0 Å². The number of carbonyl (C=O) groups excluding carboxylic acids is 1. The predicted octanol–water partition coefficient (Wildman–Crippen LogP) is 2.33. The fourth-order valence-electron chi connectivity index (χ4n) is 3.21. The van der Waals surface area contributed by atoms with Crippen LogP contribution in [0.25, 0.3) is 11.5 Å². The van der Waals surface area contributed by atoms with Gasteiger partial charge in [-0.25, -0.2) is 4.98 Å². The monoisotopic (exact) mass is 359 g/mol. The molecule has 3 rings (SSSR count). The van der Waals surface area contributed by atoms with E-state index in [1.165, 1.54) is 0 Å². The molecule has 2 heterocycles. The number of aromatic nitrogens is 1. The summed E-state index contributed by atoms with van der Waals surface area (Å²) in [6, 6.07) is 5.42. The maximum Gasteiger partial charge on any atom is 0.239 e. The summed E-state index contributed by atoms with van der Waals surface area (Å²) < 4.78 is 16.7. The fraction of sp³-hybridized carbons (Fsp3) is 0.474. The van der Waals surface area contributed by atoms with Crippen molar-refractivity contribution < 1.29 is 18.7 Å². The summed E-state index contributed by atoms with van der Waals surface area (Å²) in [5, 5.41) is 0. The highest BCUT2D eigenvalue weighted by atomic mass is 16.5. The van der Waals surface area contributed by atoms with E-state index in [0.29, 0.717) is 23.9 Å². The molecule has 140 valence electrons. The molecule has 26 heavy (non-hydrogen) atoms. The first kappa shape index (κ1) is 18.3. The lowest BCUT2D eigenvalue weighted by Crippen LogP contribution is -2.53. The summed E-state index contributed by atoms with van der Waals surface area (Å²) in [7, 11) is 5.03. The van der Waals surface area contributed by atoms with Gasteiger partial charge in [-0.1, -0.05) is 6.07 Å². The van der Waals surface area contributed by atoms with E-state index in [1.54, 1.807) is 19.1 Å². The van der Waals surface area contributed by atoms with Crippen LogP contribution in [-0.4, -0.2) is 61.1 Å². The molecule has 1 aromatic heterocycles. The van der Waals surface area contributed by atoms with Gasteiger partial charge in [-0.15, -0.1) is 0 Å². The second-order valence-corrected chi connectivity index (χ2v) is 6.47. The van der Waals surface area contributed by atoms with Crippen molar-refractivity contribution in [2.75, 3.05) is 34.4 Å². The van der Waals surface area contributed by atoms with Crippen LogP contribution in [0, 0.1) is 6.92 Å². The number of rotatable bonds is 5. The van der Waals surface area contributed by atoms with Gasteiger partial charge in [-0.3, -0.25) is 9.69 Å². The molecule has 0 bridgehead atoms. The van der Waals surface area contributed by atoms with E-state index in [4.69, 9.17) is 13.9 Å². The van der Waals surface area contributed by atoms with Gasteiger partial charge in [0, 0.05) is 26.7 Å². The molecule has 0 radical (unpaired) electrons. The Hall–Kier alpha value is -2.54. The lowest BCUT2D eigenvalue weighted by atomic mass is 10.1. The molecule has 0 aliphatic carbocycles. The highest BCUT2D eigenvalue weighted by Crippen LogP contribution is 2.38. The van der Waals surface area contributed by atoms with E-state index in [0.717, 1.165) is 30.1 Å². The molecule has 7 heteroatoms. The molecule has 7 nitrogen and oxygen atoms in total. The Morgan fingerprint density at radius 1 is 1.27 bits per heavy atom. The molecule has 0 saturated carbocycles. The van der Waals surface area contributed by atoms with E-state index in [-0.39, 0.29) is 11.9 Å². The first-order valence-corrected chi connectivity index (χ1v) is 8.63. The first-order chi connectivity index (χ1) is 12.5. The molecule has 1 amide bonds. The van der Waals surface area contributed by atoms with Crippen molar-refractivity contribution in [2.45, 2.75) is 26.4 Å². The number of piperazine rings is 1. The number of aryl methyl sites for hydroxylation is 1. The summed E-state index contributed by atoms with van der Waals surface area (Å²) in [5.41, 5.74) is 1.57. The van der Waals surface area contributed by atoms with Gasteiger partial charge in [-0.05, 0) is 26.0 Å². The van der Waals surface area contributed by atoms with Gasteiger partial charge in [0.2, 0.25) is 11.8 Å². The van der Waals surface area contributed by atoms with Gasteiger partial charge < -0.3 is 18.8 Å². The second kappa shape index (κ2) is 7.37. The Balaban J connectivity index is 1.88. The molecule has 0 spiro atoms. The molecule has 1 aromatic carbocycles. The number of ether oxygens (including phenoxy) is 2. The van der Waals surface area contributed by atoms with Crippen LogP contribution in [0.15, 0.2) is 22.6 Å². The lowest BCUT2D eigenvalue weighted by Gasteiger charge is -2.36. The molecule has 1 aliphatic rings. The normalized spacial score (nSPS) is 18.3. The van der Waals surface area contributed by atoms with Crippen molar-refractivity contribution in [3.8, 4) is 23.0 Å². The topological polar surface area (TPSA) is 68.0 Å². The zero-order valence-corrected chi connectivity index (χ0v) is 15.9. The fourth-order valence-corrected chi connectivity index (χ4v) is 3.21. The summed E-state index contributed by atoms with van der Waals surface area (Å²) in [6.45, 7) is 5.92. The van der Waals surface area contributed by atoms with Crippen LogP contribution < -0.4 is 9.47 Å². The number of nitrogens with zero attached hydrogens (tertiary/aromatic N) is 3. The highest BCUT2D eigenvalue weighted by molar-refractivity contribution is 5.82. The number of carbonyl (C=O) groups is 1. The Labute approximate surface area is 153 Å². The molecule has 0 N–H and O–H groups in total. The third-order valence-electron chi connectivity index (χ3n) is 4.88. The van der Waals surface area contributed by atoms with E-state index < -0.39 is 0 Å². The standard InChI is InChI=1S/C19H25N3O4/c1-12-19(23)21(3)9-10-22(12)11-15-13(2)26-18(20-15)14-7-6-8-16(24-4)17(14)25-5/h6-8,12H,9-11H2,1-5H3/t12-/m0/s1.